The average Bonchev–Trinajstić information content (AvgIpc) is 2.71. The summed E-state index contributed by atoms with van der Waals surface area (Å²) in [7, 11) is 0. The normalized spacial score (nSPS) is 20.8. The molecule has 18 heavy (non-hydrogen) atoms. The molecule has 1 aromatic rings. The van der Waals surface area contributed by atoms with Gasteiger partial charge in [-0.15, -0.1) is 11.3 Å². The lowest BCUT2D eigenvalue weighted by molar-refractivity contribution is 0.0755. The highest BCUT2D eigenvalue weighted by molar-refractivity contribution is 7.09. The van der Waals surface area contributed by atoms with Crippen LogP contribution in [0, 0.1) is 5.92 Å². The molecule has 0 spiro atoms. The highest BCUT2D eigenvalue weighted by Gasteiger charge is 2.21. The van der Waals surface area contributed by atoms with Gasteiger partial charge in [-0.05, 0) is 31.7 Å². The Morgan fingerprint density at radius 3 is 3.17 bits per heavy atom. The average molecular weight is 267 g/mol. The molecule has 1 aliphatic rings. The molecule has 2 heterocycles. The van der Waals surface area contributed by atoms with Gasteiger partial charge in [0.2, 0.25) is 0 Å². The quantitative estimate of drug-likeness (QED) is 0.910. The van der Waals surface area contributed by atoms with Crippen molar-refractivity contribution in [2.24, 2.45) is 11.7 Å². The fourth-order valence-electron chi connectivity index (χ4n) is 2.28. The second-order valence-corrected chi connectivity index (χ2v) is 5.94. The number of likely N-dealkylation sites (tertiary alicyclic amines) is 1. The standard InChI is InChI=1S/C13H21N3OS/c1-10-3-2-7-16(8-5-10)13(17)11-9-18-12(15-11)4-6-14/h9-10H,2-8,14H2,1H3. The van der Waals surface area contributed by atoms with Crippen LogP contribution in [0.4, 0.5) is 0 Å². The van der Waals surface area contributed by atoms with Crippen molar-refractivity contribution in [1.29, 1.82) is 0 Å². The zero-order chi connectivity index (χ0) is 13.0. The van der Waals surface area contributed by atoms with Crippen LogP contribution in [-0.4, -0.2) is 35.4 Å². The van der Waals surface area contributed by atoms with Gasteiger partial charge in [-0.3, -0.25) is 4.79 Å². The number of aromatic nitrogens is 1. The van der Waals surface area contributed by atoms with E-state index in [1.807, 2.05) is 10.3 Å². The van der Waals surface area contributed by atoms with Gasteiger partial charge in [-0.25, -0.2) is 4.98 Å². The van der Waals surface area contributed by atoms with Crippen LogP contribution in [0.2, 0.25) is 0 Å². The van der Waals surface area contributed by atoms with Gasteiger partial charge in [0.1, 0.15) is 5.69 Å². The molecule has 5 heteroatoms. The van der Waals surface area contributed by atoms with Crippen LogP contribution in [0.15, 0.2) is 5.38 Å². The number of hydrogen-bond donors (Lipinski definition) is 1. The lowest BCUT2D eigenvalue weighted by Crippen LogP contribution is -2.32. The maximum Gasteiger partial charge on any atom is 0.273 e. The minimum atomic E-state index is 0.0867. The molecule has 100 valence electrons. The minimum Gasteiger partial charge on any atom is -0.337 e. The van der Waals surface area contributed by atoms with Crippen molar-refractivity contribution in [3.05, 3.63) is 16.1 Å². The van der Waals surface area contributed by atoms with Crippen molar-refractivity contribution in [2.45, 2.75) is 32.6 Å². The minimum absolute atomic E-state index is 0.0867. The second kappa shape index (κ2) is 6.29. The molecule has 1 unspecified atom stereocenters. The van der Waals surface area contributed by atoms with Crippen molar-refractivity contribution in [1.82, 2.24) is 9.88 Å². The first-order chi connectivity index (χ1) is 8.70. The first-order valence-corrected chi connectivity index (χ1v) is 7.52. The Labute approximate surface area is 112 Å². The molecule has 0 saturated carbocycles. The molecule has 1 atom stereocenters. The molecule has 4 nitrogen and oxygen atoms in total. The number of hydrogen-bond acceptors (Lipinski definition) is 4. The van der Waals surface area contributed by atoms with E-state index in [2.05, 4.69) is 11.9 Å². The van der Waals surface area contributed by atoms with E-state index in [0.717, 1.165) is 43.3 Å². The number of nitrogens with two attached hydrogens (primary N) is 1. The molecule has 1 aliphatic heterocycles. The summed E-state index contributed by atoms with van der Waals surface area (Å²) >= 11 is 1.53. The predicted molar refractivity (Wildman–Crippen MR) is 73.8 cm³/mol. The first kappa shape index (κ1) is 13.5. The maximum absolute atomic E-state index is 12.3. The van der Waals surface area contributed by atoms with Gasteiger partial charge >= 0.3 is 0 Å². The smallest absolute Gasteiger partial charge is 0.273 e. The molecular weight excluding hydrogens is 246 g/mol. The Bertz CT molecular complexity index is 405. The van der Waals surface area contributed by atoms with Gasteiger partial charge in [-0.1, -0.05) is 6.92 Å². The van der Waals surface area contributed by atoms with Crippen molar-refractivity contribution in [3.8, 4) is 0 Å². The number of amides is 1. The highest BCUT2D eigenvalue weighted by Crippen LogP contribution is 2.19. The van der Waals surface area contributed by atoms with Crippen LogP contribution in [0.1, 0.15) is 41.7 Å². The van der Waals surface area contributed by atoms with Gasteiger partial charge in [0, 0.05) is 24.9 Å². The van der Waals surface area contributed by atoms with Crippen LogP contribution < -0.4 is 5.73 Å². The Morgan fingerprint density at radius 2 is 2.39 bits per heavy atom. The Morgan fingerprint density at radius 1 is 1.56 bits per heavy atom. The summed E-state index contributed by atoms with van der Waals surface area (Å²) in [6.07, 6.45) is 4.19. The molecule has 1 fully saturated rings. The van der Waals surface area contributed by atoms with E-state index in [1.165, 1.54) is 17.8 Å². The van der Waals surface area contributed by atoms with Gasteiger partial charge in [-0.2, -0.15) is 0 Å². The van der Waals surface area contributed by atoms with E-state index >= 15 is 0 Å². The SMILES string of the molecule is CC1CCCN(C(=O)c2csc(CCN)n2)CC1. The van der Waals surface area contributed by atoms with E-state index in [-0.39, 0.29) is 5.91 Å². The molecule has 0 aliphatic carbocycles. The number of carbonyl (C=O) groups is 1. The molecule has 2 N–H and O–H groups in total. The Hall–Kier alpha value is -0.940. The van der Waals surface area contributed by atoms with Crippen molar-refractivity contribution >= 4 is 17.2 Å². The van der Waals surface area contributed by atoms with Crippen LogP contribution in [0.3, 0.4) is 0 Å². The lowest BCUT2D eigenvalue weighted by atomic mass is 10.0. The number of rotatable bonds is 3. The molecule has 0 bridgehead atoms. The predicted octanol–water partition coefficient (Wildman–Crippen LogP) is 1.91. The van der Waals surface area contributed by atoms with E-state index < -0.39 is 0 Å². The summed E-state index contributed by atoms with van der Waals surface area (Å²) in [5, 5.41) is 2.82. The molecule has 1 saturated heterocycles. The third-order valence-electron chi connectivity index (χ3n) is 3.43. The Balaban J connectivity index is 2.00. The zero-order valence-electron chi connectivity index (χ0n) is 10.9. The molecular formula is C13H21N3OS. The molecule has 1 aromatic heterocycles. The number of nitrogens with zero attached hydrogens (tertiary/aromatic N) is 2. The topological polar surface area (TPSA) is 59.2 Å². The van der Waals surface area contributed by atoms with Crippen LogP contribution >= 0.6 is 11.3 Å². The largest absolute Gasteiger partial charge is 0.337 e. The van der Waals surface area contributed by atoms with E-state index in [9.17, 15) is 4.79 Å². The molecule has 1 amide bonds. The summed E-state index contributed by atoms with van der Waals surface area (Å²) in [4.78, 5) is 18.6. The fourth-order valence-corrected chi connectivity index (χ4v) is 3.06. The third kappa shape index (κ3) is 3.29. The van der Waals surface area contributed by atoms with Crippen molar-refractivity contribution in [3.63, 3.8) is 0 Å². The summed E-state index contributed by atoms with van der Waals surface area (Å²) in [6.45, 7) is 4.58. The fraction of sp³-hybridized carbons (Fsp3) is 0.692. The van der Waals surface area contributed by atoms with Crippen molar-refractivity contribution in [2.75, 3.05) is 19.6 Å². The summed E-state index contributed by atoms with van der Waals surface area (Å²) in [6, 6.07) is 0. The number of thiazole rings is 1. The van der Waals surface area contributed by atoms with Gasteiger partial charge in [0.05, 0.1) is 5.01 Å². The first-order valence-electron chi connectivity index (χ1n) is 6.64. The molecule has 0 aromatic carbocycles. The summed E-state index contributed by atoms with van der Waals surface area (Å²) in [5.41, 5.74) is 6.09. The van der Waals surface area contributed by atoms with Gasteiger partial charge < -0.3 is 10.6 Å². The lowest BCUT2D eigenvalue weighted by Gasteiger charge is -2.19. The van der Waals surface area contributed by atoms with Gasteiger partial charge in [0.25, 0.3) is 5.91 Å². The van der Waals surface area contributed by atoms with Crippen LogP contribution in [0.25, 0.3) is 0 Å². The Kier molecular flexibility index (Phi) is 4.72. The van der Waals surface area contributed by atoms with Crippen LogP contribution in [-0.2, 0) is 6.42 Å². The van der Waals surface area contributed by atoms with Crippen LogP contribution in [0.5, 0.6) is 0 Å². The zero-order valence-corrected chi connectivity index (χ0v) is 11.7. The maximum atomic E-state index is 12.3. The molecule has 2 rings (SSSR count). The van der Waals surface area contributed by atoms with E-state index in [1.54, 1.807) is 0 Å². The summed E-state index contributed by atoms with van der Waals surface area (Å²) in [5.74, 6) is 0.814. The molecule has 0 radical (unpaired) electrons. The highest BCUT2D eigenvalue weighted by atomic mass is 32.1. The second-order valence-electron chi connectivity index (χ2n) is 4.99. The van der Waals surface area contributed by atoms with Crippen molar-refractivity contribution < 1.29 is 4.79 Å². The summed E-state index contributed by atoms with van der Waals surface area (Å²) < 4.78 is 0. The monoisotopic (exact) mass is 267 g/mol. The van der Waals surface area contributed by atoms with Gasteiger partial charge in [0.15, 0.2) is 0 Å². The van der Waals surface area contributed by atoms with E-state index in [4.69, 9.17) is 5.73 Å². The van der Waals surface area contributed by atoms with E-state index in [0.29, 0.717) is 12.2 Å². The number of carbonyl (C=O) groups excluding carboxylic acids is 1. The third-order valence-corrected chi connectivity index (χ3v) is 4.34.